The zero-order chi connectivity index (χ0) is 9.68. The molecule has 13 heavy (non-hydrogen) atoms. The van der Waals surface area contributed by atoms with Gasteiger partial charge in [-0.1, -0.05) is 22.9 Å². The Labute approximate surface area is 87.9 Å². The summed E-state index contributed by atoms with van der Waals surface area (Å²) >= 11 is 3.48. The maximum absolute atomic E-state index is 3.97. The van der Waals surface area contributed by atoms with E-state index in [4.69, 9.17) is 0 Å². The summed E-state index contributed by atoms with van der Waals surface area (Å²) in [6, 6.07) is 4.44. The molecule has 0 radical (unpaired) electrons. The fraction of sp³-hybridized carbons (Fsp3) is 0.500. The minimum absolute atomic E-state index is 0.474. The van der Waals surface area contributed by atoms with Gasteiger partial charge in [-0.15, -0.1) is 0 Å². The summed E-state index contributed by atoms with van der Waals surface area (Å²) in [5, 5.41) is 4.44. The molecule has 0 aliphatic carbocycles. The molecule has 72 valence electrons. The predicted octanol–water partition coefficient (Wildman–Crippen LogP) is 2.91. The lowest BCUT2D eigenvalue weighted by Crippen LogP contribution is -2.24. The molecule has 0 spiro atoms. The number of pyridine rings is 1. The van der Waals surface area contributed by atoms with Gasteiger partial charge in [-0.2, -0.15) is 0 Å². The van der Waals surface area contributed by atoms with Crippen molar-refractivity contribution in [2.75, 3.05) is 10.6 Å². The number of nitrogens with zero attached hydrogens (tertiary/aromatic N) is 1. The summed E-state index contributed by atoms with van der Waals surface area (Å²) in [7, 11) is 0. The van der Waals surface area contributed by atoms with Crippen LogP contribution in [0, 0.1) is 5.92 Å². The summed E-state index contributed by atoms with van der Waals surface area (Å²) < 4.78 is 0. The van der Waals surface area contributed by atoms with Crippen LogP contribution in [0.1, 0.15) is 13.8 Å². The predicted molar refractivity (Wildman–Crippen MR) is 60.3 cm³/mol. The van der Waals surface area contributed by atoms with Crippen LogP contribution in [0.4, 0.5) is 5.69 Å². The molecular formula is C10H15BrN2. The fourth-order valence-electron chi connectivity index (χ4n) is 0.987. The van der Waals surface area contributed by atoms with Gasteiger partial charge in [0.15, 0.2) is 0 Å². The summed E-state index contributed by atoms with van der Waals surface area (Å²) in [5.41, 5.74) is 1.13. The third-order valence-corrected chi connectivity index (χ3v) is 3.19. The van der Waals surface area contributed by atoms with Crippen LogP contribution < -0.4 is 5.32 Å². The third kappa shape index (κ3) is 3.35. The van der Waals surface area contributed by atoms with E-state index >= 15 is 0 Å². The van der Waals surface area contributed by atoms with Crippen LogP contribution in [-0.2, 0) is 0 Å². The first-order valence-corrected chi connectivity index (χ1v) is 5.58. The van der Waals surface area contributed by atoms with Crippen molar-refractivity contribution in [2.24, 2.45) is 5.92 Å². The van der Waals surface area contributed by atoms with E-state index in [1.54, 1.807) is 12.4 Å². The van der Waals surface area contributed by atoms with E-state index in [0.717, 1.165) is 11.0 Å². The Morgan fingerprint density at radius 2 is 2.00 bits per heavy atom. The zero-order valence-corrected chi connectivity index (χ0v) is 9.58. The van der Waals surface area contributed by atoms with Gasteiger partial charge in [0.25, 0.3) is 0 Å². The van der Waals surface area contributed by atoms with Crippen LogP contribution in [0.15, 0.2) is 24.5 Å². The van der Waals surface area contributed by atoms with E-state index < -0.39 is 0 Å². The van der Waals surface area contributed by atoms with Crippen molar-refractivity contribution in [1.82, 2.24) is 4.98 Å². The molecule has 0 aliphatic rings. The maximum atomic E-state index is 3.97. The summed E-state index contributed by atoms with van der Waals surface area (Å²) in [6.45, 7) is 4.40. The first kappa shape index (κ1) is 10.5. The molecule has 0 aromatic carbocycles. The van der Waals surface area contributed by atoms with E-state index in [-0.39, 0.29) is 0 Å². The van der Waals surface area contributed by atoms with Gasteiger partial charge in [0.1, 0.15) is 0 Å². The van der Waals surface area contributed by atoms with Crippen molar-refractivity contribution < 1.29 is 0 Å². The number of aromatic nitrogens is 1. The van der Waals surface area contributed by atoms with Crippen molar-refractivity contribution in [2.45, 2.75) is 19.9 Å². The van der Waals surface area contributed by atoms with Gasteiger partial charge in [0, 0.05) is 29.5 Å². The highest BCUT2D eigenvalue weighted by atomic mass is 79.9. The highest BCUT2D eigenvalue weighted by Crippen LogP contribution is 2.12. The van der Waals surface area contributed by atoms with E-state index in [2.05, 4.69) is 40.1 Å². The monoisotopic (exact) mass is 242 g/mol. The lowest BCUT2D eigenvalue weighted by atomic mass is 10.1. The van der Waals surface area contributed by atoms with Gasteiger partial charge in [-0.25, -0.2) is 0 Å². The van der Waals surface area contributed by atoms with E-state index in [0.29, 0.717) is 12.0 Å². The molecule has 1 N–H and O–H groups in total. The number of hydrogen-bond donors (Lipinski definition) is 1. The van der Waals surface area contributed by atoms with Crippen molar-refractivity contribution in [3.63, 3.8) is 0 Å². The van der Waals surface area contributed by atoms with Crippen molar-refractivity contribution >= 4 is 21.6 Å². The molecular weight excluding hydrogens is 228 g/mol. The average Bonchev–Trinajstić information content (AvgIpc) is 2.18. The summed E-state index contributed by atoms with van der Waals surface area (Å²) in [4.78, 5) is 3.97. The Morgan fingerprint density at radius 3 is 2.54 bits per heavy atom. The number of hydrogen-bond acceptors (Lipinski definition) is 2. The molecule has 0 saturated carbocycles. The fourth-order valence-corrected chi connectivity index (χ4v) is 1.55. The normalized spacial score (nSPS) is 15.0. The van der Waals surface area contributed by atoms with Gasteiger partial charge < -0.3 is 5.32 Å². The Morgan fingerprint density at radius 1 is 1.38 bits per heavy atom. The van der Waals surface area contributed by atoms with Crippen LogP contribution in [0.5, 0.6) is 0 Å². The quantitative estimate of drug-likeness (QED) is 0.822. The second-order valence-electron chi connectivity index (χ2n) is 3.30. The number of halogens is 1. The molecule has 0 fully saturated rings. The molecule has 2 unspecified atom stereocenters. The van der Waals surface area contributed by atoms with Crippen LogP contribution in [0.3, 0.4) is 0 Å². The van der Waals surface area contributed by atoms with E-state index in [9.17, 15) is 0 Å². The Balaban J connectivity index is 2.50. The van der Waals surface area contributed by atoms with Gasteiger partial charge in [-0.05, 0) is 25.0 Å². The van der Waals surface area contributed by atoms with E-state index in [1.165, 1.54) is 0 Å². The molecule has 0 saturated heterocycles. The molecule has 1 aromatic rings. The number of anilines is 1. The van der Waals surface area contributed by atoms with Crippen LogP contribution >= 0.6 is 15.9 Å². The van der Waals surface area contributed by atoms with Gasteiger partial charge in [0.05, 0.1) is 0 Å². The van der Waals surface area contributed by atoms with Gasteiger partial charge >= 0.3 is 0 Å². The Bertz CT molecular complexity index is 238. The van der Waals surface area contributed by atoms with Crippen molar-refractivity contribution in [3.8, 4) is 0 Å². The Kier molecular flexibility index (Phi) is 4.22. The van der Waals surface area contributed by atoms with Crippen LogP contribution in [0.2, 0.25) is 0 Å². The second-order valence-corrected chi connectivity index (χ2v) is 3.95. The lowest BCUT2D eigenvalue weighted by molar-refractivity contribution is 0.572. The van der Waals surface area contributed by atoms with E-state index in [1.807, 2.05) is 12.1 Å². The first-order valence-electron chi connectivity index (χ1n) is 4.46. The Hall–Kier alpha value is -0.570. The average molecular weight is 243 g/mol. The minimum atomic E-state index is 0.474. The van der Waals surface area contributed by atoms with Crippen LogP contribution in [-0.4, -0.2) is 16.4 Å². The SMILES string of the molecule is CC(CBr)C(C)Nc1ccncc1. The highest BCUT2D eigenvalue weighted by Gasteiger charge is 2.09. The maximum Gasteiger partial charge on any atom is 0.0373 e. The lowest BCUT2D eigenvalue weighted by Gasteiger charge is -2.20. The molecule has 1 heterocycles. The topological polar surface area (TPSA) is 24.9 Å². The molecule has 2 atom stereocenters. The summed E-state index contributed by atoms with van der Waals surface area (Å²) in [6.07, 6.45) is 3.60. The molecule has 2 nitrogen and oxygen atoms in total. The second kappa shape index (κ2) is 5.22. The standard InChI is InChI=1S/C10H15BrN2/c1-8(7-11)9(2)13-10-3-5-12-6-4-10/h3-6,8-9H,7H2,1-2H3,(H,12,13). The summed E-state index contributed by atoms with van der Waals surface area (Å²) in [5.74, 6) is 0.619. The van der Waals surface area contributed by atoms with Crippen LogP contribution in [0.25, 0.3) is 0 Å². The zero-order valence-electron chi connectivity index (χ0n) is 8.00. The molecule has 0 bridgehead atoms. The smallest absolute Gasteiger partial charge is 0.0373 e. The first-order chi connectivity index (χ1) is 6.24. The minimum Gasteiger partial charge on any atom is -0.382 e. The number of alkyl halides is 1. The molecule has 1 aromatic heterocycles. The molecule has 3 heteroatoms. The molecule has 0 amide bonds. The number of nitrogens with one attached hydrogen (secondary N) is 1. The molecule has 0 aliphatic heterocycles. The largest absolute Gasteiger partial charge is 0.382 e. The van der Waals surface area contributed by atoms with Gasteiger partial charge in [0.2, 0.25) is 0 Å². The molecule has 1 rings (SSSR count). The van der Waals surface area contributed by atoms with Gasteiger partial charge in [-0.3, -0.25) is 4.98 Å². The van der Waals surface area contributed by atoms with Crippen molar-refractivity contribution in [1.29, 1.82) is 0 Å². The van der Waals surface area contributed by atoms with Crippen molar-refractivity contribution in [3.05, 3.63) is 24.5 Å². The highest BCUT2D eigenvalue weighted by molar-refractivity contribution is 9.09. The number of rotatable bonds is 4. The third-order valence-electron chi connectivity index (χ3n) is 2.17.